The smallest absolute Gasteiger partial charge is 0.378 e. The minimum atomic E-state index is -4.84. The maximum Gasteiger partial charge on any atom is 0.471 e. The summed E-state index contributed by atoms with van der Waals surface area (Å²) < 4.78 is 168. The topological polar surface area (TPSA) is 473 Å². The minimum absolute atomic E-state index is 0.152. The summed E-state index contributed by atoms with van der Waals surface area (Å²) in [5.41, 5.74) is 1.63. The lowest BCUT2D eigenvalue weighted by atomic mass is 9.43. The van der Waals surface area contributed by atoms with Crippen LogP contribution in [0, 0.1) is 139 Å². The van der Waals surface area contributed by atoms with Crippen LogP contribution in [0.5, 0.6) is 0 Å². The quantitative estimate of drug-likeness (QED) is 0.0155. The fourth-order valence-electron chi connectivity index (χ4n) is 30.7. The molecule has 12 saturated carbocycles. The van der Waals surface area contributed by atoms with Gasteiger partial charge < -0.3 is 73.7 Å². The molecular weight excluding hydrogens is 1880 g/mol. The Bertz CT molecular complexity index is 4370. The summed E-state index contributed by atoms with van der Waals surface area (Å²) >= 11 is 0. The summed E-state index contributed by atoms with van der Waals surface area (Å²) in [6, 6.07) is 0. The van der Waals surface area contributed by atoms with E-state index in [4.69, 9.17) is 57.8 Å². The SMILES string of the molecule is CC(C)OC1CCC2(C)C(C1)CC(OC(C)C)C1C2CCC2(C)C(C(C)CCC(=O)NCCS(=O)(=O)OCOP(=O)(O)O)CCC12.CCOC1CC2CC(OC(C)C)CCC2(C)C2CCC3(C)C(C(C)CCC(=O)NCCS(=O)(=O)OCOP(=O)(O)O)CCC3C12.CCOC1CCC2(C)C(C1)CC(OC(C)C)C1C2CCC2(C)C(C(C)CCC(=O)NCCS(=O)(=O)OCOP(=O)(O)O)CCC12. The zero-order valence-corrected chi connectivity index (χ0v) is 90.3. The number of carbonyl (C=O) groups excluding carboxylic acids is 3. The summed E-state index contributed by atoms with van der Waals surface area (Å²) in [6.07, 6.45) is 34.5. The molecule has 0 heterocycles. The predicted octanol–water partition coefficient (Wildman–Crippen LogP) is 16.6. The van der Waals surface area contributed by atoms with Crippen molar-refractivity contribution >= 4 is 71.5 Å². The van der Waals surface area contributed by atoms with E-state index in [9.17, 15) is 53.3 Å². The molecule has 9 N–H and O–H groups in total. The number of phosphoric acid groups is 3. The molecule has 0 bridgehead atoms. The Morgan fingerprint density at radius 1 is 0.338 bits per heavy atom. The molecule has 136 heavy (non-hydrogen) atoms. The van der Waals surface area contributed by atoms with Crippen molar-refractivity contribution in [3.8, 4) is 0 Å². The Labute approximate surface area is 814 Å². The molecule has 12 aliphatic rings. The molecule has 33 nitrogen and oxygen atoms in total. The van der Waals surface area contributed by atoms with Gasteiger partial charge in [-0.25, -0.2) is 26.2 Å². The van der Waals surface area contributed by atoms with E-state index in [1.54, 1.807) is 0 Å². The Kier molecular flexibility index (Phi) is 41.4. The lowest BCUT2D eigenvalue weighted by molar-refractivity contribution is -0.201. The molecule has 0 aromatic heterocycles. The van der Waals surface area contributed by atoms with Crippen molar-refractivity contribution in [3.05, 3.63) is 0 Å². The summed E-state index contributed by atoms with van der Waals surface area (Å²) in [4.78, 5) is 89.7. The van der Waals surface area contributed by atoms with Gasteiger partial charge in [0.2, 0.25) is 17.7 Å². The van der Waals surface area contributed by atoms with Crippen molar-refractivity contribution in [1.29, 1.82) is 0 Å². The third-order valence-electron chi connectivity index (χ3n) is 36.6. The first-order chi connectivity index (χ1) is 63.3. The van der Waals surface area contributed by atoms with Gasteiger partial charge in [0.25, 0.3) is 30.4 Å². The van der Waals surface area contributed by atoms with Gasteiger partial charge in [-0.2, -0.15) is 25.3 Å². The molecule has 0 aliphatic heterocycles. The predicted molar refractivity (Wildman–Crippen MR) is 515 cm³/mol. The first kappa shape index (κ1) is 116. The van der Waals surface area contributed by atoms with E-state index in [1.165, 1.54) is 89.9 Å². The van der Waals surface area contributed by atoms with Crippen molar-refractivity contribution in [2.45, 2.75) is 385 Å². The second-order valence-electron chi connectivity index (χ2n) is 45.8. The van der Waals surface area contributed by atoms with Gasteiger partial charge in [-0.1, -0.05) is 62.3 Å². The molecule has 12 rings (SSSR count). The Hall–Kier alpha value is -1.77. The fraction of sp³-hybridized carbons (Fsp3) is 0.969. The van der Waals surface area contributed by atoms with Crippen molar-refractivity contribution in [2.75, 3.05) is 70.5 Å². The van der Waals surface area contributed by atoms with Crippen LogP contribution in [0.25, 0.3) is 0 Å². The van der Waals surface area contributed by atoms with E-state index in [0.717, 1.165) is 96.7 Å². The second kappa shape index (κ2) is 48.5. The number of carbonyl (C=O) groups is 3. The molecule has 0 saturated heterocycles. The molecule has 0 radical (unpaired) electrons. The Morgan fingerprint density at radius 2 is 0.596 bits per heavy atom. The lowest BCUT2D eigenvalue weighted by Gasteiger charge is -2.63. The van der Waals surface area contributed by atoms with E-state index < -0.39 is 91.5 Å². The highest BCUT2D eigenvalue weighted by atomic mass is 32.2. The van der Waals surface area contributed by atoms with Gasteiger partial charge >= 0.3 is 23.5 Å². The van der Waals surface area contributed by atoms with Crippen LogP contribution in [0.1, 0.15) is 324 Å². The molecule has 12 aliphatic carbocycles. The highest BCUT2D eigenvalue weighted by molar-refractivity contribution is 7.87. The van der Waals surface area contributed by atoms with Crippen LogP contribution in [0.15, 0.2) is 0 Å². The van der Waals surface area contributed by atoms with E-state index in [2.05, 4.69) is 174 Å². The molecule has 792 valence electrons. The molecule has 0 aromatic carbocycles. The normalized spacial score (nSPS) is 37.3. The highest BCUT2D eigenvalue weighted by Crippen LogP contribution is 2.73. The van der Waals surface area contributed by atoms with Gasteiger partial charge in [0.15, 0.2) is 20.4 Å². The van der Waals surface area contributed by atoms with Gasteiger partial charge in [0, 0.05) is 52.1 Å². The first-order valence-electron chi connectivity index (χ1n) is 51.7. The summed E-state index contributed by atoms with van der Waals surface area (Å²) in [6.45, 7) is 41.4. The third kappa shape index (κ3) is 30.1. The lowest BCUT2D eigenvalue weighted by Crippen LogP contribution is -2.59. The number of phosphoric ester groups is 3. The monoisotopic (exact) mass is 2050 g/mol. The molecule has 12 fully saturated rings. The molecule has 3 amide bonds. The van der Waals surface area contributed by atoms with E-state index in [-0.39, 0.29) is 90.2 Å². The van der Waals surface area contributed by atoms with Crippen LogP contribution < -0.4 is 16.0 Å². The zero-order valence-electron chi connectivity index (χ0n) is 85.2. The number of rotatable bonds is 45. The average molecular weight is 2050 g/mol. The van der Waals surface area contributed by atoms with Crippen molar-refractivity contribution in [3.63, 3.8) is 0 Å². The average Bonchev–Trinajstić information content (AvgIpc) is 1.39. The van der Waals surface area contributed by atoms with Gasteiger partial charge in [-0.3, -0.25) is 28.0 Å². The number of ether oxygens (including phenoxy) is 6. The van der Waals surface area contributed by atoms with E-state index in [1.807, 2.05) is 0 Å². The minimum Gasteiger partial charge on any atom is -0.378 e. The second-order valence-corrected chi connectivity index (χ2v) is 54.8. The van der Waals surface area contributed by atoms with Crippen molar-refractivity contribution in [2.24, 2.45) is 139 Å². The standard InChI is InChI=1S/C33H60NO10PS.2C32H58NO10PS/c1-21(2)43-25-12-14-32(6)24(18-25)19-29(44-22(3)4)31-27-10-9-26(33(27,7)15-13-28(31)32)23(5)8-11-30(35)34-16-17-46(39,40)42-20-41-45(36,37)38;1-7-40-28-19-23-18-24(43-21(2)3)12-14-31(23,5)27-13-15-32(6)25(9-10-26(32)30(27)28)22(4)8-11-29(34)33-16-17-45(38,39)42-20-41-44(35,36)37;1-7-40-24-12-14-31(5)23(18-24)19-28(43-21(2)3)30-26-10-9-25(32(26,6)15-13-27(30)31)22(4)8-11-29(34)33-16-17-45(38,39)42-20-41-44(35,36)37/h21-29,31H,8-20H2,1-7H3,(H,34,35)(H2,36,37,38);2*21-28,30H,7-20H2,1-6H3,(H,33,34)(H2,35,36,37). The first-order valence-corrected chi connectivity index (χ1v) is 61.0. The van der Waals surface area contributed by atoms with E-state index >= 15 is 0 Å². The molecular formula is C97H176N3O30P3S3. The van der Waals surface area contributed by atoms with Crippen molar-refractivity contribution < 1.29 is 137 Å². The zero-order chi connectivity index (χ0) is 100. The third-order valence-corrected chi connectivity index (χ3v) is 41.4. The summed E-state index contributed by atoms with van der Waals surface area (Å²) in [5, 5.41) is 7.93. The maximum atomic E-state index is 12.6. The molecule has 0 spiro atoms. The maximum absolute atomic E-state index is 12.6. The summed E-state index contributed by atoms with van der Waals surface area (Å²) in [7, 11) is -26.8. The number of amides is 3. The van der Waals surface area contributed by atoms with Crippen LogP contribution >= 0.6 is 23.5 Å². The Balaban J connectivity index is 0.000000211. The fourth-order valence-corrected chi connectivity index (χ4v) is 33.5. The molecule has 30 unspecified atom stereocenters. The summed E-state index contributed by atoms with van der Waals surface area (Å²) in [5.74, 6) is 7.91. The Morgan fingerprint density at radius 3 is 0.875 bits per heavy atom. The number of hydrogen-bond donors (Lipinski definition) is 9. The van der Waals surface area contributed by atoms with Gasteiger partial charge in [0.1, 0.15) is 0 Å². The largest absolute Gasteiger partial charge is 0.471 e. The van der Waals surface area contributed by atoms with Crippen LogP contribution in [-0.4, -0.2) is 204 Å². The van der Waals surface area contributed by atoms with Crippen LogP contribution in [0.4, 0.5) is 0 Å². The van der Waals surface area contributed by atoms with Crippen LogP contribution in [-0.2, 0) is 113 Å². The van der Waals surface area contributed by atoms with E-state index in [0.29, 0.717) is 166 Å². The highest BCUT2D eigenvalue weighted by Gasteiger charge is 2.68. The van der Waals surface area contributed by atoms with Crippen LogP contribution in [0.2, 0.25) is 0 Å². The molecule has 0 aromatic rings. The van der Waals surface area contributed by atoms with Crippen molar-refractivity contribution in [1.82, 2.24) is 16.0 Å². The number of nitrogens with one attached hydrogen (secondary N) is 3. The van der Waals surface area contributed by atoms with Crippen LogP contribution in [0.3, 0.4) is 0 Å². The molecule has 30 atom stereocenters. The van der Waals surface area contributed by atoms with Gasteiger partial charge in [-0.15, -0.1) is 0 Å². The number of fused-ring (bicyclic) bond motifs is 15. The van der Waals surface area contributed by atoms with Gasteiger partial charge in [-0.05, 0) is 382 Å². The number of hydrogen-bond acceptors (Lipinski definition) is 24. The van der Waals surface area contributed by atoms with Gasteiger partial charge in [0.05, 0.1) is 78.3 Å². The molecule has 39 heteroatoms.